The number of carboxylic acid groups (broad SMARTS) is 1. The van der Waals surface area contributed by atoms with E-state index in [9.17, 15) is 9.90 Å². The first-order valence-electron chi connectivity index (χ1n) is 7.12. The van der Waals surface area contributed by atoms with Gasteiger partial charge in [-0.15, -0.1) is 0 Å². The first kappa shape index (κ1) is 14.9. The van der Waals surface area contributed by atoms with Crippen LogP contribution in [0, 0.1) is 5.41 Å². The summed E-state index contributed by atoms with van der Waals surface area (Å²) in [7, 11) is 1.68. The second-order valence-electron chi connectivity index (χ2n) is 5.85. The zero-order chi connectivity index (χ0) is 14.6. The van der Waals surface area contributed by atoms with Crippen LogP contribution < -0.4 is 4.74 Å². The van der Waals surface area contributed by atoms with Crippen molar-refractivity contribution in [3.05, 3.63) is 29.8 Å². The highest BCUT2D eigenvalue weighted by molar-refractivity contribution is 5.74. The van der Waals surface area contributed by atoms with Crippen LogP contribution in [0.3, 0.4) is 0 Å². The molecule has 0 amide bonds. The molecule has 2 rings (SSSR count). The van der Waals surface area contributed by atoms with Crippen LogP contribution in [0.4, 0.5) is 0 Å². The molecular weight excluding hydrogens is 254 g/mol. The van der Waals surface area contributed by atoms with Crippen LogP contribution >= 0.6 is 0 Å². The van der Waals surface area contributed by atoms with Crippen molar-refractivity contribution in [1.82, 2.24) is 4.90 Å². The standard InChI is InChI=1S/C16H23NO3/c1-16(15(18)19)8-10-17(12-16)9-4-6-13-5-3-7-14(11-13)20-2/h3,5,7,11H,4,6,8-10,12H2,1-2H3,(H,18,19). The van der Waals surface area contributed by atoms with Crippen molar-refractivity contribution >= 4 is 5.97 Å². The van der Waals surface area contributed by atoms with E-state index in [0.717, 1.165) is 38.1 Å². The van der Waals surface area contributed by atoms with Crippen molar-refractivity contribution in [2.75, 3.05) is 26.7 Å². The van der Waals surface area contributed by atoms with Gasteiger partial charge in [-0.3, -0.25) is 4.79 Å². The van der Waals surface area contributed by atoms with Crippen molar-refractivity contribution in [2.45, 2.75) is 26.2 Å². The number of methoxy groups -OCH3 is 1. The first-order chi connectivity index (χ1) is 9.53. The Labute approximate surface area is 120 Å². The molecule has 1 aromatic carbocycles. The second-order valence-corrected chi connectivity index (χ2v) is 5.85. The average Bonchev–Trinajstić information content (AvgIpc) is 2.82. The quantitative estimate of drug-likeness (QED) is 0.867. The molecule has 1 fully saturated rings. The van der Waals surface area contributed by atoms with Gasteiger partial charge in [-0.05, 0) is 57.0 Å². The summed E-state index contributed by atoms with van der Waals surface area (Å²) in [5.41, 5.74) is 0.709. The molecule has 0 bridgehead atoms. The maximum atomic E-state index is 11.2. The van der Waals surface area contributed by atoms with E-state index in [0.29, 0.717) is 6.54 Å². The largest absolute Gasteiger partial charge is 0.497 e. The van der Waals surface area contributed by atoms with E-state index in [1.807, 2.05) is 19.1 Å². The molecule has 1 aliphatic rings. The molecule has 0 aliphatic carbocycles. The summed E-state index contributed by atoms with van der Waals surface area (Å²) in [5, 5.41) is 9.21. The normalized spacial score (nSPS) is 22.9. The van der Waals surface area contributed by atoms with Crippen LogP contribution in [0.2, 0.25) is 0 Å². The Morgan fingerprint density at radius 1 is 1.50 bits per heavy atom. The maximum absolute atomic E-state index is 11.2. The molecule has 0 aromatic heterocycles. The Morgan fingerprint density at radius 3 is 2.95 bits per heavy atom. The number of aryl methyl sites for hydroxylation is 1. The van der Waals surface area contributed by atoms with Gasteiger partial charge >= 0.3 is 5.97 Å². The van der Waals surface area contributed by atoms with Gasteiger partial charge in [0.05, 0.1) is 12.5 Å². The topological polar surface area (TPSA) is 49.8 Å². The fourth-order valence-corrected chi connectivity index (χ4v) is 2.76. The Kier molecular flexibility index (Phi) is 4.65. The van der Waals surface area contributed by atoms with Gasteiger partial charge in [0.2, 0.25) is 0 Å². The number of benzene rings is 1. The molecule has 20 heavy (non-hydrogen) atoms. The minimum absolute atomic E-state index is 0.560. The van der Waals surface area contributed by atoms with E-state index in [1.54, 1.807) is 7.11 Å². The van der Waals surface area contributed by atoms with E-state index in [-0.39, 0.29) is 0 Å². The third-order valence-corrected chi connectivity index (χ3v) is 4.14. The third kappa shape index (κ3) is 3.51. The molecule has 1 unspecified atom stereocenters. The average molecular weight is 277 g/mol. The number of nitrogens with zero attached hydrogens (tertiary/aromatic N) is 1. The van der Waals surface area contributed by atoms with Gasteiger partial charge in [-0.2, -0.15) is 0 Å². The Balaban J connectivity index is 1.78. The summed E-state index contributed by atoms with van der Waals surface area (Å²) < 4.78 is 5.21. The van der Waals surface area contributed by atoms with Gasteiger partial charge in [0.1, 0.15) is 5.75 Å². The molecule has 0 saturated carbocycles. The van der Waals surface area contributed by atoms with Gasteiger partial charge < -0.3 is 14.7 Å². The van der Waals surface area contributed by atoms with Crippen molar-refractivity contribution in [2.24, 2.45) is 5.41 Å². The highest BCUT2D eigenvalue weighted by Crippen LogP contribution is 2.30. The lowest BCUT2D eigenvalue weighted by Crippen LogP contribution is -2.32. The molecule has 1 saturated heterocycles. The van der Waals surface area contributed by atoms with E-state index in [1.165, 1.54) is 5.56 Å². The monoisotopic (exact) mass is 277 g/mol. The number of aliphatic carboxylic acids is 1. The molecule has 110 valence electrons. The highest BCUT2D eigenvalue weighted by atomic mass is 16.5. The maximum Gasteiger partial charge on any atom is 0.310 e. The summed E-state index contributed by atoms with van der Waals surface area (Å²) in [6, 6.07) is 8.12. The molecule has 0 spiro atoms. The van der Waals surface area contributed by atoms with Gasteiger partial charge in [0, 0.05) is 6.54 Å². The van der Waals surface area contributed by atoms with Gasteiger partial charge in [0.25, 0.3) is 0 Å². The molecule has 4 nitrogen and oxygen atoms in total. The molecule has 0 radical (unpaired) electrons. The second kappa shape index (κ2) is 6.27. The highest BCUT2D eigenvalue weighted by Gasteiger charge is 2.39. The van der Waals surface area contributed by atoms with Crippen LogP contribution in [0.5, 0.6) is 5.75 Å². The zero-order valence-electron chi connectivity index (χ0n) is 12.3. The van der Waals surface area contributed by atoms with Crippen molar-refractivity contribution in [3.8, 4) is 5.75 Å². The van der Waals surface area contributed by atoms with E-state index in [4.69, 9.17) is 4.74 Å². The third-order valence-electron chi connectivity index (χ3n) is 4.14. The lowest BCUT2D eigenvalue weighted by molar-refractivity contribution is -0.147. The molecule has 1 N–H and O–H groups in total. The minimum atomic E-state index is -0.673. The van der Waals surface area contributed by atoms with Crippen LogP contribution in [-0.4, -0.2) is 42.7 Å². The van der Waals surface area contributed by atoms with Crippen molar-refractivity contribution in [3.63, 3.8) is 0 Å². The number of rotatable bonds is 6. The first-order valence-corrected chi connectivity index (χ1v) is 7.12. The Hall–Kier alpha value is -1.55. The van der Waals surface area contributed by atoms with Gasteiger partial charge in [-0.25, -0.2) is 0 Å². The van der Waals surface area contributed by atoms with Crippen LogP contribution in [0.15, 0.2) is 24.3 Å². The molecule has 1 aliphatic heterocycles. The molecule has 1 atom stereocenters. The summed E-state index contributed by atoms with van der Waals surface area (Å²) in [4.78, 5) is 13.5. The van der Waals surface area contributed by atoms with E-state index in [2.05, 4.69) is 17.0 Å². The fraction of sp³-hybridized carbons (Fsp3) is 0.562. The molecular formula is C16H23NO3. The summed E-state index contributed by atoms with van der Waals surface area (Å²) in [5.74, 6) is 0.218. The number of likely N-dealkylation sites (tertiary alicyclic amines) is 1. The fourth-order valence-electron chi connectivity index (χ4n) is 2.76. The molecule has 1 heterocycles. The predicted octanol–water partition coefficient (Wildman–Crippen LogP) is 2.42. The number of carbonyl (C=O) groups is 1. The summed E-state index contributed by atoms with van der Waals surface area (Å²) in [6.45, 7) is 4.36. The number of hydrogen-bond donors (Lipinski definition) is 1. The number of ether oxygens (including phenoxy) is 1. The van der Waals surface area contributed by atoms with Crippen LogP contribution in [0.1, 0.15) is 25.3 Å². The number of carboxylic acids is 1. The Morgan fingerprint density at radius 2 is 2.30 bits per heavy atom. The Bertz CT molecular complexity index is 475. The number of hydrogen-bond acceptors (Lipinski definition) is 3. The zero-order valence-corrected chi connectivity index (χ0v) is 12.3. The smallest absolute Gasteiger partial charge is 0.310 e. The lowest BCUT2D eigenvalue weighted by atomic mass is 9.90. The van der Waals surface area contributed by atoms with Crippen molar-refractivity contribution < 1.29 is 14.6 Å². The SMILES string of the molecule is COc1cccc(CCCN2CCC(C)(C(=O)O)C2)c1. The van der Waals surface area contributed by atoms with E-state index >= 15 is 0 Å². The van der Waals surface area contributed by atoms with Crippen molar-refractivity contribution in [1.29, 1.82) is 0 Å². The van der Waals surface area contributed by atoms with Crippen LogP contribution in [0.25, 0.3) is 0 Å². The minimum Gasteiger partial charge on any atom is -0.497 e. The van der Waals surface area contributed by atoms with Gasteiger partial charge in [0.15, 0.2) is 0 Å². The summed E-state index contributed by atoms with van der Waals surface area (Å²) >= 11 is 0. The van der Waals surface area contributed by atoms with E-state index < -0.39 is 11.4 Å². The molecule has 4 heteroatoms. The van der Waals surface area contributed by atoms with Crippen LogP contribution in [-0.2, 0) is 11.2 Å². The summed E-state index contributed by atoms with van der Waals surface area (Å²) in [6.07, 6.45) is 2.79. The predicted molar refractivity (Wildman–Crippen MR) is 78.1 cm³/mol. The lowest BCUT2D eigenvalue weighted by Gasteiger charge is -2.19. The molecule has 1 aromatic rings. The van der Waals surface area contributed by atoms with Gasteiger partial charge in [-0.1, -0.05) is 12.1 Å².